The van der Waals surface area contributed by atoms with E-state index < -0.39 is 0 Å². The van der Waals surface area contributed by atoms with Gasteiger partial charge in [0.2, 0.25) is 0 Å². The number of halogens is 1. The van der Waals surface area contributed by atoms with E-state index >= 15 is 0 Å². The molecule has 3 rings (SSSR count). The van der Waals surface area contributed by atoms with Crippen molar-refractivity contribution < 1.29 is 13.9 Å². The molecule has 96 valence electrons. The highest BCUT2D eigenvalue weighted by atomic mass is 19.1. The molecule has 0 bridgehead atoms. The summed E-state index contributed by atoms with van der Waals surface area (Å²) in [5, 5.41) is 0. The van der Waals surface area contributed by atoms with Crippen LogP contribution in [0.5, 0.6) is 0 Å². The quantitative estimate of drug-likeness (QED) is 0.701. The van der Waals surface area contributed by atoms with Crippen molar-refractivity contribution in [3.63, 3.8) is 0 Å². The fraction of sp³-hybridized carbons (Fsp3) is 0.462. The zero-order valence-corrected chi connectivity index (χ0v) is 10.1. The molecule has 0 radical (unpaired) electrons. The predicted octanol–water partition coefficient (Wildman–Crippen LogP) is 1.64. The molecule has 0 spiro atoms. The van der Waals surface area contributed by atoms with E-state index in [4.69, 9.17) is 4.74 Å². The third-order valence-electron chi connectivity index (χ3n) is 3.46. The minimum absolute atomic E-state index is 0.0392. The molecule has 5 heteroatoms. The number of fused-ring (bicyclic) bond motifs is 1. The predicted molar refractivity (Wildman–Crippen MR) is 65.2 cm³/mol. The summed E-state index contributed by atoms with van der Waals surface area (Å²) < 4.78 is 18.5. The lowest BCUT2D eigenvalue weighted by Crippen LogP contribution is -2.47. The Bertz CT molecular complexity index is 472. The Balaban J connectivity index is 1.82. The summed E-state index contributed by atoms with van der Waals surface area (Å²) in [4.78, 5) is 15.8. The van der Waals surface area contributed by atoms with Crippen LogP contribution in [0.15, 0.2) is 18.2 Å². The lowest BCUT2D eigenvalue weighted by molar-refractivity contribution is 0.0550. The van der Waals surface area contributed by atoms with Crippen LogP contribution in [0.2, 0.25) is 0 Å². The normalized spacial score (nSPS) is 18.9. The first-order valence-corrected chi connectivity index (χ1v) is 6.18. The summed E-state index contributed by atoms with van der Waals surface area (Å²) in [7, 11) is 0. The van der Waals surface area contributed by atoms with Crippen LogP contribution in [0.1, 0.15) is 5.56 Å². The average molecular weight is 250 g/mol. The van der Waals surface area contributed by atoms with Gasteiger partial charge in [0, 0.05) is 19.6 Å². The number of ether oxygens (including phenoxy) is 1. The molecule has 2 aliphatic heterocycles. The van der Waals surface area contributed by atoms with Crippen molar-refractivity contribution in [3.8, 4) is 0 Å². The Morgan fingerprint density at radius 2 is 2.00 bits per heavy atom. The molecule has 1 fully saturated rings. The van der Waals surface area contributed by atoms with Gasteiger partial charge in [-0.15, -0.1) is 0 Å². The Kier molecular flexibility index (Phi) is 2.91. The van der Waals surface area contributed by atoms with Crippen LogP contribution in [0.25, 0.3) is 0 Å². The maximum absolute atomic E-state index is 13.3. The second-order valence-corrected chi connectivity index (χ2v) is 4.56. The molecule has 2 heterocycles. The van der Waals surface area contributed by atoms with Crippen LogP contribution in [0.3, 0.4) is 0 Å². The maximum atomic E-state index is 13.3. The number of anilines is 1. The van der Waals surface area contributed by atoms with Crippen LogP contribution in [-0.2, 0) is 11.2 Å². The molecule has 0 unspecified atom stereocenters. The number of morpholine rings is 1. The van der Waals surface area contributed by atoms with Crippen LogP contribution in [0, 0.1) is 5.82 Å². The first-order chi connectivity index (χ1) is 8.75. The highest BCUT2D eigenvalue weighted by molar-refractivity contribution is 5.94. The second-order valence-electron chi connectivity index (χ2n) is 4.56. The fourth-order valence-electron chi connectivity index (χ4n) is 2.48. The molecule has 1 aromatic rings. The van der Waals surface area contributed by atoms with Crippen molar-refractivity contribution in [2.75, 3.05) is 37.7 Å². The summed E-state index contributed by atoms with van der Waals surface area (Å²) in [5.41, 5.74) is 1.75. The minimum atomic E-state index is -0.296. The van der Waals surface area contributed by atoms with Gasteiger partial charge in [-0.1, -0.05) is 6.07 Å². The number of nitrogens with zero attached hydrogens (tertiary/aromatic N) is 2. The summed E-state index contributed by atoms with van der Waals surface area (Å²) >= 11 is 0. The summed E-state index contributed by atoms with van der Waals surface area (Å²) in [5.74, 6) is -0.296. The van der Waals surface area contributed by atoms with Crippen molar-refractivity contribution in [2.45, 2.75) is 6.42 Å². The number of hydrogen-bond acceptors (Lipinski definition) is 2. The van der Waals surface area contributed by atoms with Gasteiger partial charge in [-0.2, -0.15) is 0 Å². The van der Waals surface area contributed by atoms with Crippen molar-refractivity contribution in [3.05, 3.63) is 29.6 Å². The molecule has 0 aromatic heterocycles. The van der Waals surface area contributed by atoms with Gasteiger partial charge in [0.25, 0.3) is 0 Å². The van der Waals surface area contributed by atoms with Gasteiger partial charge in [0.1, 0.15) is 5.82 Å². The smallest absolute Gasteiger partial charge is 0.324 e. The number of rotatable bonds is 0. The van der Waals surface area contributed by atoms with Crippen LogP contribution < -0.4 is 4.90 Å². The SMILES string of the molecule is O=C(N1CCOCC1)N1CCc2ccc(F)cc21. The number of urea groups is 1. The number of carbonyl (C=O) groups is 1. The molecule has 0 saturated carbocycles. The molecule has 0 aliphatic carbocycles. The zero-order valence-electron chi connectivity index (χ0n) is 10.1. The van der Waals surface area contributed by atoms with Gasteiger partial charge in [-0.05, 0) is 24.1 Å². The van der Waals surface area contributed by atoms with Gasteiger partial charge < -0.3 is 9.64 Å². The van der Waals surface area contributed by atoms with E-state index in [1.807, 2.05) is 0 Å². The van der Waals surface area contributed by atoms with E-state index in [-0.39, 0.29) is 11.8 Å². The maximum Gasteiger partial charge on any atom is 0.324 e. The van der Waals surface area contributed by atoms with Gasteiger partial charge in [0.15, 0.2) is 0 Å². The molecule has 2 amide bonds. The van der Waals surface area contributed by atoms with E-state index in [1.165, 1.54) is 12.1 Å². The van der Waals surface area contributed by atoms with E-state index in [1.54, 1.807) is 15.9 Å². The van der Waals surface area contributed by atoms with Crippen molar-refractivity contribution in [1.29, 1.82) is 0 Å². The molecule has 1 aromatic carbocycles. The molecule has 2 aliphatic rings. The monoisotopic (exact) mass is 250 g/mol. The minimum Gasteiger partial charge on any atom is -0.378 e. The molecule has 1 saturated heterocycles. The van der Waals surface area contributed by atoms with Gasteiger partial charge in [-0.25, -0.2) is 9.18 Å². The van der Waals surface area contributed by atoms with Crippen molar-refractivity contribution in [1.82, 2.24) is 4.90 Å². The van der Waals surface area contributed by atoms with E-state index in [2.05, 4.69) is 0 Å². The highest BCUT2D eigenvalue weighted by Crippen LogP contribution is 2.29. The number of amides is 2. The summed E-state index contributed by atoms with van der Waals surface area (Å²) in [6.07, 6.45) is 0.797. The topological polar surface area (TPSA) is 32.8 Å². The van der Waals surface area contributed by atoms with Crippen molar-refractivity contribution in [2.24, 2.45) is 0 Å². The third kappa shape index (κ3) is 1.95. The van der Waals surface area contributed by atoms with Crippen LogP contribution in [0.4, 0.5) is 14.9 Å². The zero-order chi connectivity index (χ0) is 12.5. The lowest BCUT2D eigenvalue weighted by atomic mass is 10.2. The number of benzene rings is 1. The lowest BCUT2D eigenvalue weighted by Gasteiger charge is -2.31. The number of carbonyl (C=O) groups excluding carboxylic acids is 1. The Hall–Kier alpha value is -1.62. The van der Waals surface area contributed by atoms with E-state index in [9.17, 15) is 9.18 Å². The second kappa shape index (κ2) is 4.57. The average Bonchev–Trinajstić information content (AvgIpc) is 2.82. The Morgan fingerprint density at radius 1 is 1.22 bits per heavy atom. The van der Waals surface area contributed by atoms with E-state index in [0.29, 0.717) is 38.5 Å². The first kappa shape index (κ1) is 11.5. The van der Waals surface area contributed by atoms with Crippen molar-refractivity contribution >= 4 is 11.7 Å². The van der Waals surface area contributed by atoms with Gasteiger partial charge in [0.05, 0.1) is 18.9 Å². The van der Waals surface area contributed by atoms with Crippen LogP contribution in [-0.4, -0.2) is 43.8 Å². The molecular formula is C13H15FN2O2. The summed E-state index contributed by atoms with van der Waals surface area (Å²) in [6.45, 7) is 3.01. The third-order valence-corrected chi connectivity index (χ3v) is 3.46. The Labute approximate surface area is 105 Å². The van der Waals surface area contributed by atoms with E-state index in [0.717, 1.165) is 12.0 Å². The Morgan fingerprint density at radius 3 is 2.78 bits per heavy atom. The first-order valence-electron chi connectivity index (χ1n) is 6.18. The molecular weight excluding hydrogens is 235 g/mol. The molecule has 18 heavy (non-hydrogen) atoms. The largest absolute Gasteiger partial charge is 0.378 e. The fourth-order valence-corrected chi connectivity index (χ4v) is 2.48. The number of hydrogen-bond donors (Lipinski definition) is 0. The molecule has 0 atom stereocenters. The van der Waals surface area contributed by atoms with Gasteiger partial charge in [-0.3, -0.25) is 4.90 Å². The highest BCUT2D eigenvalue weighted by Gasteiger charge is 2.29. The standard InChI is InChI=1S/C13H15FN2O2/c14-11-2-1-10-3-4-16(12(10)9-11)13(17)15-5-7-18-8-6-15/h1-2,9H,3-8H2. The summed E-state index contributed by atoms with van der Waals surface area (Å²) in [6, 6.07) is 4.61. The molecule has 0 N–H and O–H groups in total. The van der Waals surface area contributed by atoms with Crippen LogP contribution >= 0.6 is 0 Å². The molecule has 4 nitrogen and oxygen atoms in total. The van der Waals surface area contributed by atoms with Gasteiger partial charge >= 0.3 is 6.03 Å².